The van der Waals surface area contributed by atoms with E-state index in [9.17, 15) is 34.8 Å². The van der Waals surface area contributed by atoms with E-state index in [0.29, 0.717) is 0 Å². The largest absolute Gasteiger partial charge is 0.484 e. The molecule has 0 aliphatic heterocycles. The number of halogens is 7. The average molecular weight is 509 g/mol. The van der Waals surface area contributed by atoms with E-state index < -0.39 is 35.7 Å². The molecule has 12 heteroatoms. The van der Waals surface area contributed by atoms with Crippen LogP contribution in [-0.4, -0.2) is 34.0 Å². The molecule has 0 saturated heterocycles. The van der Waals surface area contributed by atoms with Gasteiger partial charge in [-0.3, -0.25) is 4.18 Å². The molecule has 0 aliphatic rings. The Morgan fingerprint density at radius 3 is 1.76 bits per heavy atom. The lowest BCUT2D eigenvalue weighted by Crippen LogP contribution is -2.20. The minimum atomic E-state index is -4.67. The molecule has 0 aliphatic carbocycles. The lowest BCUT2D eigenvalue weighted by Gasteiger charge is -2.08. The second-order valence-corrected chi connectivity index (χ2v) is 8.03. The number of benzene rings is 2. The molecule has 0 fully saturated rings. The van der Waals surface area contributed by atoms with E-state index in [1.807, 2.05) is 0 Å². The van der Waals surface area contributed by atoms with Gasteiger partial charge in [0.2, 0.25) is 0 Å². The first-order valence-corrected chi connectivity index (χ1v) is 9.86. The average Bonchev–Trinajstić information content (AvgIpc) is 2.59. The molecular weight excluding hydrogens is 494 g/mol. The van der Waals surface area contributed by atoms with Crippen LogP contribution in [0.1, 0.15) is 5.56 Å². The molecule has 0 atom stereocenters. The van der Waals surface area contributed by atoms with Crippen LogP contribution >= 0.6 is 15.9 Å². The third-order valence-corrected chi connectivity index (χ3v) is 4.71. The normalized spacial score (nSPS) is 12.1. The Hall–Kier alpha value is -1.79. The topological polar surface area (TPSA) is 52.6 Å². The van der Waals surface area contributed by atoms with Gasteiger partial charge in [0.05, 0.1) is 4.90 Å². The van der Waals surface area contributed by atoms with E-state index in [4.69, 9.17) is 0 Å². The molecule has 0 amide bonds. The van der Waals surface area contributed by atoms with Gasteiger partial charge < -0.3 is 4.74 Å². The summed E-state index contributed by atoms with van der Waals surface area (Å²) in [7, 11) is -4.33. The van der Waals surface area contributed by atoms with Crippen LogP contribution in [0.4, 0.5) is 26.3 Å². The molecule has 0 heterocycles. The molecule has 162 valence electrons. The Labute approximate surface area is 171 Å². The second kappa shape index (κ2) is 10.3. The van der Waals surface area contributed by atoms with Crippen LogP contribution in [0.3, 0.4) is 0 Å². The van der Waals surface area contributed by atoms with E-state index in [2.05, 4.69) is 24.8 Å². The fourth-order valence-electron chi connectivity index (χ4n) is 1.61. The number of ether oxygens (including phenoxy) is 1. The van der Waals surface area contributed by atoms with Crippen LogP contribution in [0, 0.1) is 6.92 Å². The van der Waals surface area contributed by atoms with Crippen molar-refractivity contribution in [3.8, 4) is 5.75 Å². The number of hydrogen-bond acceptors (Lipinski definition) is 4. The van der Waals surface area contributed by atoms with Gasteiger partial charge in [0.1, 0.15) is 5.75 Å². The summed E-state index contributed by atoms with van der Waals surface area (Å²) in [5.41, 5.74) is 0.801. The van der Waals surface area contributed by atoms with Gasteiger partial charge in [-0.25, -0.2) is 0 Å². The number of hydrogen-bond donors (Lipinski definition) is 0. The summed E-state index contributed by atoms with van der Waals surface area (Å²) in [6.07, 6.45) is -8.95. The maximum atomic E-state index is 11.8. The van der Waals surface area contributed by atoms with Gasteiger partial charge >= 0.3 is 12.4 Å². The van der Waals surface area contributed by atoms with Crippen molar-refractivity contribution in [3.63, 3.8) is 0 Å². The van der Waals surface area contributed by atoms with Crippen LogP contribution in [0.25, 0.3) is 0 Å². The Bertz CT molecular complexity index is 863. The molecule has 2 aromatic carbocycles. The maximum Gasteiger partial charge on any atom is 0.422 e. The van der Waals surface area contributed by atoms with Gasteiger partial charge in [-0.15, -0.1) is 0 Å². The van der Waals surface area contributed by atoms with Gasteiger partial charge in [-0.05, 0) is 43.3 Å². The highest BCUT2D eigenvalue weighted by atomic mass is 79.9. The first kappa shape index (κ1) is 25.2. The van der Waals surface area contributed by atoms with E-state index in [0.717, 1.165) is 10.0 Å². The highest BCUT2D eigenvalue weighted by molar-refractivity contribution is 9.10. The van der Waals surface area contributed by atoms with Gasteiger partial charge in [-0.2, -0.15) is 34.8 Å². The molecule has 0 bridgehead atoms. The lowest BCUT2D eigenvalue weighted by atomic mass is 10.2. The zero-order valence-corrected chi connectivity index (χ0v) is 17.1. The van der Waals surface area contributed by atoms with Crippen molar-refractivity contribution in [1.29, 1.82) is 0 Å². The van der Waals surface area contributed by atoms with Crippen molar-refractivity contribution in [3.05, 3.63) is 58.6 Å². The number of aryl methyl sites for hydroxylation is 1. The molecule has 4 nitrogen and oxygen atoms in total. The van der Waals surface area contributed by atoms with E-state index in [-0.39, 0.29) is 10.6 Å². The van der Waals surface area contributed by atoms with Gasteiger partial charge in [0.25, 0.3) is 10.1 Å². The fourth-order valence-corrected chi connectivity index (χ4v) is 2.77. The molecule has 0 aromatic heterocycles. The molecule has 0 saturated carbocycles. The molecule has 0 radical (unpaired) electrons. The monoisotopic (exact) mass is 508 g/mol. The van der Waals surface area contributed by atoms with E-state index >= 15 is 0 Å². The highest BCUT2D eigenvalue weighted by Gasteiger charge is 2.31. The predicted octanol–water partition coefficient (Wildman–Crippen LogP) is 5.65. The van der Waals surface area contributed by atoms with Crippen LogP contribution in [0.2, 0.25) is 0 Å². The van der Waals surface area contributed by atoms with Crippen LogP contribution < -0.4 is 4.74 Å². The first-order chi connectivity index (χ1) is 13.2. The van der Waals surface area contributed by atoms with Crippen molar-refractivity contribution >= 4 is 26.0 Å². The number of alkyl halides is 6. The first-order valence-electron chi connectivity index (χ1n) is 7.66. The Morgan fingerprint density at radius 1 is 0.828 bits per heavy atom. The molecule has 0 unspecified atom stereocenters. The van der Waals surface area contributed by atoms with Crippen molar-refractivity contribution in [2.45, 2.75) is 24.2 Å². The molecule has 2 aromatic rings. The quantitative estimate of drug-likeness (QED) is 0.386. The summed E-state index contributed by atoms with van der Waals surface area (Å²) >= 11 is 3.16. The van der Waals surface area contributed by atoms with Crippen molar-refractivity contribution in [2.24, 2.45) is 0 Å². The molecular formula is C17H15BrF6O4S. The minimum absolute atomic E-state index is 0.209. The molecule has 29 heavy (non-hydrogen) atoms. The SMILES string of the molecule is Cc1ccc(S(=O)(=O)OCC(F)(F)F)cc1.FC(F)(F)COc1ccc(Br)cc1. The summed E-state index contributed by atoms with van der Waals surface area (Å²) < 4.78 is 102. The summed E-state index contributed by atoms with van der Waals surface area (Å²) in [5, 5.41) is 0. The number of rotatable bonds is 5. The molecule has 0 N–H and O–H groups in total. The second-order valence-electron chi connectivity index (χ2n) is 5.50. The highest BCUT2D eigenvalue weighted by Crippen LogP contribution is 2.21. The molecule has 0 spiro atoms. The van der Waals surface area contributed by atoms with Crippen LogP contribution in [-0.2, 0) is 14.3 Å². The standard InChI is InChI=1S/C9H9F3O3S.C8H6BrF3O/c1-7-2-4-8(5-3-7)16(13,14)15-6-9(10,11)12;9-6-1-3-7(4-2-6)13-5-8(10,11)12/h2-5H,6H2,1H3;1-4H,5H2. The summed E-state index contributed by atoms with van der Waals surface area (Å²) in [4.78, 5) is -0.289. The van der Waals surface area contributed by atoms with Crippen molar-refractivity contribution in [1.82, 2.24) is 0 Å². The van der Waals surface area contributed by atoms with Crippen molar-refractivity contribution in [2.75, 3.05) is 13.2 Å². The summed E-state index contributed by atoms with van der Waals surface area (Å²) in [6.45, 7) is -1.34. The fraction of sp³-hybridized carbons (Fsp3) is 0.294. The summed E-state index contributed by atoms with van der Waals surface area (Å²) in [5.74, 6) is 0.209. The van der Waals surface area contributed by atoms with Gasteiger partial charge in [0, 0.05) is 4.47 Å². The van der Waals surface area contributed by atoms with Gasteiger partial charge in [0.15, 0.2) is 13.2 Å². The summed E-state index contributed by atoms with van der Waals surface area (Å²) in [6, 6.07) is 11.5. The van der Waals surface area contributed by atoms with Crippen LogP contribution in [0.5, 0.6) is 5.75 Å². The Balaban J connectivity index is 0.000000296. The minimum Gasteiger partial charge on any atom is -0.484 e. The smallest absolute Gasteiger partial charge is 0.422 e. The van der Waals surface area contributed by atoms with Gasteiger partial charge in [-0.1, -0.05) is 33.6 Å². The third-order valence-electron chi connectivity index (χ3n) is 2.90. The third kappa shape index (κ3) is 11.1. The Morgan fingerprint density at radius 2 is 1.31 bits per heavy atom. The predicted molar refractivity (Wildman–Crippen MR) is 96.1 cm³/mol. The zero-order valence-electron chi connectivity index (χ0n) is 14.7. The lowest BCUT2D eigenvalue weighted by molar-refractivity contribution is -0.153. The Kier molecular flexibility index (Phi) is 8.97. The van der Waals surface area contributed by atoms with E-state index in [1.54, 1.807) is 19.1 Å². The van der Waals surface area contributed by atoms with E-state index in [1.165, 1.54) is 36.4 Å². The van der Waals surface area contributed by atoms with Crippen molar-refractivity contribution < 1.29 is 43.7 Å². The maximum absolute atomic E-state index is 11.8. The molecule has 2 rings (SSSR count). The zero-order chi connectivity index (χ0) is 22.3. The van der Waals surface area contributed by atoms with Crippen LogP contribution in [0.15, 0.2) is 57.9 Å².